The quantitative estimate of drug-likeness (QED) is 0.549. The van der Waals surface area contributed by atoms with Gasteiger partial charge >= 0.3 is 0 Å². The van der Waals surface area contributed by atoms with Gasteiger partial charge in [-0.3, -0.25) is 20.4 Å². The van der Waals surface area contributed by atoms with Crippen molar-refractivity contribution in [1.82, 2.24) is 15.6 Å². The van der Waals surface area contributed by atoms with Gasteiger partial charge in [-0.15, -0.1) is 22.7 Å². The van der Waals surface area contributed by atoms with Crippen molar-refractivity contribution in [3.63, 3.8) is 0 Å². The van der Waals surface area contributed by atoms with Crippen LogP contribution in [0.5, 0.6) is 0 Å². The van der Waals surface area contributed by atoms with E-state index in [2.05, 4.69) is 36.3 Å². The van der Waals surface area contributed by atoms with Crippen molar-refractivity contribution < 1.29 is 18.0 Å². The molecule has 0 fully saturated rings. The van der Waals surface area contributed by atoms with Gasteiger partial charge in [-0.25, -0.2) is 13.1 Å². The molecule has 7 nitrogen and oxygen atoms in total. The predicted molar refractivity (Wildman–Crippen MR) is 125 cm³/mol. The molecule has 31 heavy (non-hydrogen) atoms. The monoisotopic (exact) mass is 483 g/mol. The number of amides is 2. The van der Waals surface area contributed by atoms with E-state index in [0.29, 0.717) is 22.1 Å². The molecule has 10 heteroatoms. The third-order valence-corrected chi connectivity index (χ3v) is 8.55. The molecule has 3 rings (SSSR count). The highest BCUT2D eigenvalue weighted by molar-refractivity contribution is 7.88. The molecule has 3 N–H and O–H groups in total. The van der Waals surface area contributed by atoms with Crippen LogP contribution in [0.1, 0.15) is 61.9 Å². The Morgan fingerprint density at radius 3 is 2.42 bits per heavy atom. The van der Waals surface area contributed by atoms with Crippen LogP contribution < -0.4 is 15.6 Å². The maximum atomic E-state index is 12.5. The van der Waals surface area contributed by atoms with Crippen LogP contribution in [0.3, 0.4) is 0 Å². The fourth-order valence-electron chi connectivity index (χ4n) is 3.61. The molecule has 0 saturated heterocycles. The molecular formula is C21H29N3O4S3. The van der Waals surface area contributed by atoms with Gasteiger partial charge in [-0.2, -0.15) is 0 Å². The van der Waals surface area contributed by atoms with Gasteiger partial charge in [0, 0.05) is 16.3 Å². The number of hydrogen-bond donors (Lipinski definition) is 3. The van der Waals surface area contributed by atoms with Crippen LogP contribution in [0.25, 0.3) is 0 Å². The van der Waals surface area contributed by atoms with Crippen molar-refractivity contribution in [3.8, 4) is 0 Å². The van der Waals surface area contributed by atoms with Crippen molar-refractivity contribution >= 4 is 44.5 Å². The first kappa shape index (κ1) is 23.9. The average Bonchev–Trinajstić information content (AvgIpc) is 3.30. The number of fused-ring (bicyclic) bond motifs is 1. The molecule has 1 aliphatic rings. The van der Waals surface area contributed by atoms with E-state index >= 15 is 0 Å². The van der Waals surface area contributed by atoms with Crippen LogP contribution in [-0.4, -0.2) is 33.0 Å². The molecule has 1 aliphatic carbocycles. The lowest BCUT2D eigenvalue weighted by Gasteiger charge is -2.33. The van der Waals surface area contributed by atoms with Crippen LogP contribution in [0, 0.1) is 11.3 Å². The highest BCUT2D eigenvalue weighted by Gasteiger charge is 2.30. The van der Waals surface area contributed by atoms with E-state index in [1.54, 1.807) is 12.1 Å². The third kappa shape index (κ3) is 6.61. The van der Waals surface area contributed by atoms with Crippen molar-refractivity contribution in [2.45, 2.75) is 46.5 Å². The second kappa shape index (κ2) is 9.40. The number of carbonyl (C=O) groups excluding carboxylic acids is 2. The average molecular weight is 484 g/mol. The SMILES string of the molecule is CC(C)(C)C1CCc2sc(C(=O)NNC(=O)c3ccc(CCNS(C)(=O)=O)s3)cc2C1. The van der Waals surface area contributed by atoms with Crippen LogP contribution >= 0.6 is 22.7 Å². The Morgan fingerprint density at radius 2 is 1.77 bits per heavy atom. The fraction of sp³-hybridized carbons (Fsp3) is 0.524. The van der Waals surface area contributed by atoms with Crippen molar-refractivity contribution in [1.29, 1.82) is 0 Å². The zero-order valence-corrected chi connectivity index (χ0v) is 20.7. The van der Waals surface area contributed by atoms with E-state index in [-0.39, 0.29) is 17.9 Å². The molecule has 2 aromatic heterocycles. The Balaban J connectivity index is 1.52. The molecule has 0 bridgehead atoms. The minimum Gasteiger partial charge on any atom is -0.266 e. The van der Waals surface area contributed by atoms with Crippen molar-refractivity contribution in [2.75, 3.05) is 12.8 Å². The first-order valence-corrected chi connectivity index (χ1v) is 13.7. The molecule has 2 heterocycles. The van der Waals surface area contributed by atoms with Crippen LogP contribution in [0.15, 0.2) is 18.2 Å². The van der Waals surface area contributed by atoms with Crippen LogP contribution in [-0.2, 0) is 29.3 Å². The summed E-state index contributed by atoms with van der Waals surface area (Å²) >= 11 is 2.77. The number of sulfonamides is 1. The molecule has 2 aromatic rings. The van der Waals surface area contributed by atoms with E-state index < -0.39 is 15.9 Å². The number of aryl methyl sites for hydroxylation is 1. The van der Waals surface area contributed by atoms with Crippen LogP contribution in [0.4, 0.5) is 0 Å². The van der Waals surface area contributed by atoms with Gasteiger partial charge in [0.05, 0.1) is 16.0 Å². The summed E-state index contributed by atoms with van der Waals surface area (Å²) in [5, 5.41) is 0. The molecule has 0 saturated carbocycles. The van der Waals surface area contributed by atoms with E-state index in [1.807, 2.05) is 6.07 Å². The number of carbonyl (C=O) groups is 2. The minimum absolute atomic E-state index is 0.246. The van der Waals surface area contributed by atoms with Gasteiger partial charge in [-0.1, -0.05) is 20.8 Å². The van der Waals surface area contributed by atoms with Crippen molar-refractivity contribution in [3.05, 3.63) is 43.3 Å². The highest BCUT2D eigenvalue weighted by Crippen LogP contribution is 2.40. The molecule has 0 radical (unpaired) electrons. The smallest absolute Gasteiger partial charge is 0.266 e. The van der Waals surface area contributed by atoms with Gasteiger partial charge in [0.15, 0.2) is 0 Å². The Kier molecular flexibility index (Phi) is 7.25. The molecule has 0 aliphatic heterocycles. The van der Waals surface area contributed by atoms with Gasteiger partial charge in [0.1, 0.15) is 0 Å². The van der Waals surface area contributed by atoms with Gasteiger partial charge in [0.2, 0.25) is 10.0 Å². The maximum absolute atomic E-state index is 12.5. The van der Waals surface area contributed by atoms with E-state index in [4.69, 9.17) is 0 Å². The van der Waals surface area contributed by atoms with E-state index in [0.717, 1.165) is 30.4 Å². The Labute approximate surface area is 191 Å². The zero-order valence-electron chi connectivity index (χ0n) is 18.2. The maximum Gasteiger partial charge on any atom is 0.279 e. The number of rotatable bonds is 6. The first-order valence-electron chi connectivity index (χ1n) is 10.2. The summed E-state index contributed by atoms with van der Waals surface area (Å²) < 4.78 is 24.6. The van der Waals surface area contributed by atoms with Gasteiger partial charge in [-0.05, 0) is 60.8 Å². The molecule has 170 valence electrons. The molecule has 0 spiro atoms. The van der Waals surface area contributed by atoms with Crippen LogP contribution in [0.2, 0.25) is 0 Å². The Hall–Kier alpha value is -1.75. The van der Waals surface area contributed by atoms with E-state index in [1.165, 1.54) is 33.1 Å². The lowest BCUT2D eigenvalue weighted by molar-refractivity contribution is 0.0851. The second-order valence-electron chi connectivity index (χ2n) is 8.96. The predicted octanol–water partition coefficient (Wildman–Crippen LogP) is 3.13. The topological polar surface area (TPSA) is 104 Å². The summed E-state index contributed by atoms with van der Waals surface area (Å²) in [6.45, 7) is 7.05. The van der Waals surface area contributed by atoms with Crippen molar-refractivity contribution in [2.24, 2.45) is 11.3 Å². The Morgan fingerprint density at radius 1 is 1.10 bits per heavy atom. The standard InChI is InChI=1S/C21H29N3O4S3/c1-21(2,3)14-5-7-16-13(11-14)12-18(30-16)20(26)24-23-19(25)17-8-6-15(29-17)9-10-22-31(4,27)28/h6,8,12,14,22H,5,7,9-11H2,1-4H3,(H,23,25)(H,24,26). The lowest BCUT2D eigenvalue weighted by Crippen LogP contribution is -2.41. The lowest BCUT2D eigenvalue weighted by atomic mass is 9.72. The number of nitrogens with one attached hydrogen (secondary N) is 3. The molecule has 1 atom stereocenters. The number of hydrogen-bond acceptors (Lipinski definition) is 6. The first-order chi connectivity index (χ1) is 14.4. The fourth-order valence-corrected chi connectivity index (χ4v) is 6.08. The molecule has 0 aromatic carbocycles. The highest BCUT2D eigenvalue weighted by atomic mass is 32.2. The molecular weight excluding hydrogens is 454 g/mol. The summed E-state index contributed by atoms with van der Waals surface area (Å²) in [6.07, 6.45) is 4.72. The summed E-state index contributed by atoms with van der Waals surface area (Å²) in [7, 11) is -3.23. The minimum atomic E-state index is -3.23. The van der Waals surface area contributed by atoms with E-state index in [9.17, 15) is 18.0 Å². The largest absolute Gasteiger partial charge is 0.279 e. The third-order valence-electron chi connectivity index (χ3n) is 5.44. The van der Waals surface area contributed by atoms with Gasteiger partial charge < -0.3 is 0 Å². The zero-order chi connectivity index (χ0) is 22.8. The summed E-state index contributed by atoms with van der Waals surface area (Å²) in [4.78, 5) is 28.1. The molecule has 2 amide bonds. The summed E-state index contributed by atoms with van der Waals surface area (Å²) in [5.74, 6) is -0.102. The Bertz CT molecular complexity index is 1060. The summed E-state index contributed by atoms with van der Waals surface area (Å²) in [5.41, 5.74) is 6.47. The van der Waals surface area contributed by atoms with Gasteiger partial charge in [0.25, 0.3) is 11.8 Å². The second-order valence-corrected chi connectivity index (χ2v) is 13.1. The normalized spacial score (nSPS) is 16.6. The number of hydrazine groups is 1. The number of thiophene rings is 2. The summed E-state index contributed by atoms with van der Waals surface area (Å²) in [6, 6.07) is 5.40. The molecule has 1 unspecified atom stereocenters.